The second-order valence-corrected chi connectivity index (χ2v) is 6.64. The zero-order chi connectivity index (χ0) is 17.3. The molecule has 3 rings (SSSR count). The molecule has 1 aliphatic heterocycles. The van der Waals surface area contributed by atoms with Gasteiger partial charge in [0.2, 0.25) is 0 Å². The predicted molar refractivity (Wildman–Crippen MR) is 95.3 cm³/mol. The molecule has 2 aromatic rings. The van der Waals surface area contributed by atoms with Gasteiger partial charge in [0.1, 0.15) is 5.82 Å². The maximum Gasteiger partial charge on any atom is 0.264 e. The minimum atomic E-state index is -0.358. The summed E-state index contributed by atoms with van der Waals surface area (Å²) in [6, 6.07) is 8.60. The number of hydrogen-bond donors (Lipinski definition) is 2. The molecule has 2 N–H and O–H groups in total. The van der Waals surface area contributed by atoms with E-state index in [1.54, 1.807) is 6.08 Å². The van der Waals surface area contributed by atoms with E-state index in [4.69, 9.17) is 23.2 Å². The standard InChI is InChI=1S/C16H9Cl2FN2O2S/c17-11-5-8(6-12(18)14(11)22)7-13-15(23)21-16(24-13)20-10-3-1-9(19)2-4-10/h1-7,22H,(H,20,21,23)/b13-7+. The van der Waals surface area contributed by atoms with Crippen molar-refractivity contribution < 1.29 is 14.3 Å². The van der Waals surface area contributed by atoms with Crippen molar-refractivity contribution in [3.05, 3.63) is 62.7 Å². The molecule has 1 heterocycles. The third kappa shape index (κ3) is 3.72. The SMILES string of the molecule is O=C1NC(=Nc2ccc(F)cc2)S/C1=C/c1cc(Cl)c(O)c(Cl)c1. The minimum Gasteiger partial charge on any atom is -0.505 e. The fraction of sp³-hybridized carbons (Fsp3) is 0. The minimum absolute atomic E-state index is 0.0953. The van der Waals surface area contributed by atoms with Crippen molar-refractivity contribution in [2.45, 2.75) is 0 Å². The molecule has 0 spiro atoms. The lowest BCUT2D eigenvalue weighted by Crippen LogP contribution is -2.19. The molecule has 4 nitrogen and oxygen atoms in total. The number of carbonyl (C=O) groups is 1. The molecule has 1 aliphatic rings. The first-order chi connectivity index (χ1) is 11.4. The van der Waals surface area contributed by atoms with Crippen molar-refractivity contribution in [3.63, 3.8) is 0 Å². The monoisotopic (exact) mass is 382 g/mol. The van der Waals surface area contributed by atoms with Gasteiger partial charge >= 0.3 is 0 Å². The summed E-state index contributed by atoms with van der Waals surface area (Å²) < 4.78 is 12.9. The Bertz CT molecular complexity index is 859. The first kappa shape index (κ1) is 16.8. The highest BCUT2D eigenvalue weighted by atomic mass is 35.5. The first-order valence-electron chi connectivity index (χ1n) is 6.65. The van der Waals surface area contributed by atoms with Crippen molar-refractivity contribution in [1.82, 2.24) is 5.32 Å². The number of aromatic hydroxyl groups is 1. The Morgan fingerprint density at radius 3 is 2.42 bits per heavy atom. The van der Waals surface area contributed by atoms with Crippen LogP contribution in [0.2, 0.25) is 10.0 Å². The summed E-state index contributed by atoms with van der Waals surface area (Å²) in [4.78, 5) is 16.6. The number of phenols is 1. The summed E-state index contributed by atoms with van der Waals surface area (Å²) in [7, 11) is 0. The predicted octanol–water partition coefficient (Wildman–Crippen LogP) is 4.73. The van der Waals surface area contributed by atoms with E-state index >= 15 is 0 Å². The molecule has 0 unspecified atom stereocenters. The summed E-state index contributed by atoms with van der Waals surface area (Å²) in [6.45, 7) is 0. The lowest BCUT2D eigenvalue weighted by molar-refractivity contribution is -0.115. The van der Waals surface area contributed by atoms with Gasteiger partial charge in [-0.25, -0.2) is 9.38 Å². The van der Waals surface area contributed by atoms with Crippen LogP contribution in [-0.4, -0.2) is 16.2 Å². The van der Waals surface area contributed by atoms with E-state index < -0.39 is 0 Å². The van der Waals surface area contributed by atoms with Crippen LogP contribution < -0.4 is 5.32 Å². The number of benzene rings is 2. The van der Waals surface area contributed by atoms with Crippen molar-refractivity contribution in [1.29, 1.82) is 0 Å². The molecule has 0 aromatic heterocycles. The number of thioether (sulfide) groups is 1. The summed E-state index contributed by atoms with van der Waals surface area (Å²) >= 11 is 12.9. The fourth-order valence-electron chi connectivity index (χ4n) is 1.93. The van der Waals surface area contributed by atoms with E-state index in [9.17, 15) is 14.3 Å². The number of hydrogen-bond acceptors (Lipinski definition) is 4. The molecule has 0 atom stereocenters. The van der Waals surface area contributed by atoms with Gasteiger partial charge in [-0.05, 0) is 59.8 Å². The molecule has 1 fully saturated rings. The highest BCUT2D eigenvalue weighted by molar-refractivity contribution is 8.18. The molecular formula is C16H9Cl2FN2O2S. The van der Waals surface area contributed by atoms with Gasteiger partial charge in [0.25, 0.3) is 5.91 Å². The third-order valence-corrected chi connectivity index (χ3v) is 4.53. The Labute approximate surface area is 151 Å². The number of rotatable bonds is 2. The summed E-state index contributed by atoms with van der Waals surface area (Å²) in [5, 5.41) is 12.8. The molecule has 1 amide bonds. The number of amides is 1. The normalized spacial score (nSPS) is 17.5. The average Bonchev–Trinajstić information content (AvgIpc) is 2.87. The van der Waals surface area contributed by atoms with E-state index in [0.29, 0.717) is 21.3 Å². The van der Waals surface area contributed by atoms with Gasteiger partial charge in [0.15, 0.2) is 10.9 Å². The lowest BCUT2D eigenvalue weighted by Gasteiger charge is -2.02. The van der Waals surface area contributed by atoms with E-state index in [1.807, 2.05) is 0 Å². The largest absolute Gasteiger partial charge is 0.505 e. The maximum atomic E-state index is 12.9. The van der Waals surface area contributed by atoms with E-state index in [2.05, 4.69) is 10.3 Å². The average molecular weight is 383 g/mol. The molecule has 24 heavy (non-hydrogen) atoms. The highest BCUT2D eigenvalue weighted by Gasteiger charge is 2.24. The van der Waals surface area contributed by atoms with Gasteiger partial charge in [-0.15, -0.1) is 0 Å². The van der Waals surface area contributed by atoms with Crippen LogP contribution in [0.1, 0.15) is 5.56 Å². The Balaban J connectivity index is 1.86. The molecule has 1 saturated heterocycles. The number of phenolic OH excluding ortho intramolecular Hbond substituents is 1. The van der Waals surface area contributed by atoms with Gasteiger partial charge in [-0.2, -0.15) is 0 Å². The van der Waals surface area contributed by atoms with E-state index in [1.165, 1.54) is 36.4 Å². The topological polar surface area (TPSA) is 61.7 Å². The zero-order valence-electron chi connectivity index (χ0n) is 11.9. The quantitative estimate of drug-likeness (QED) is 0.737. The smallest absolute Gasteiger partial charge is 0.264 e. The number of nitrogens with zero attached hydrogens (tertiary/aromatic N) is 1. The Kier molecular flexibility index (Phi) is 4.80. The second kappa shape index (κ2) is 6.84. The van der Waals surface area contributed by atoms with Crippen molar-refractivity contribution >= 4 is 57.8 Å². The number of halogens is 3. The van der Waals surface area contributed by atoms with E-state index in [0.717, 1.165) is 11.8 Å². The van der Waals surface area contributed by atoms with Gasteiger partial charge in [0.05, 0.1) is 20.6 Å². The van der Waals surface area contributed by atoms with Crippen LogP contribution in [0.5, 0.6) is 5.75 Å². The molecule has 0 radical (unpaired) electrons. The van der Waals surface area contributed by atoms with Crippen LogP contribution in [0.3, 0.4) is 0 Å². The van der Waals surface area contributed by atoms with Crippen molar-refractivity contribution in [3.8, 4) is 5.75 Å². The fourth-order valence-corrected chi connectivity index (χ4v) is 3.28. The van der Waals surface area contributed by atoms with Crippen LogP contribution in [0.15, 0.2) is 46.3 Å². The van der Waals surface area contributed by atoms with Crippen LogP contribution in [0.4, 0.5) is 10.1 Å². The summed E-state index contributed by atoms with van der Waals surface area (Å²) in [5.74, 6) is -0.882. The molecule has 122 valence electrons. The molecule has 0 bridgehead atoms. The Morgan fingerprint density at radius 1 is 1.17 bits per heavy atom. The molecule has 8 heteroatoms. The van der Waals surface area contributed by atoms with Gasteiger partial charge < -0.3 is 10.4 Å². The molecule has 0 aliphatic carbocycles. The summed E-state index contributed by atoms with van der Waals surface area (Å²) in [6.07, 6.45) is 1.59. The van der Waals surface area contributed by atoms with Gasteiger partial charge in [0, 0.05) is 0 Å². The Hall–Kier alpha value is -2.02. The molecule has 2 aromatic carbocycles. The van der Waals surface area contributed by atoms with Crippen LogP contribution in [0, 0.1) is 5.82 Å². The zero-order valence-corrected chi connectivity index (χ0v) is 14.2. The maximum absolute atomic E-state index is 12.9. The lowest BCUT2D eigenvalue weighted by atomic mass is 10.2. The molecule has 0 saturated carbocycles. The van der Waals surface area contributed by atoms with Crippen LogP contribution in [0.25, 0.3) is 6.08 Å². The van der Waals surface area contributed by atoms with Crippen LogP contribution in [-0.2, 0) is 4.79 Å². The third-order valence-electron chi connectivity index (χ3n) is 3.05. The van der Waals surface area contributed by atoms with Crippen molar-refractivity contribution in [2.24, 2.45) is 4.99 Å². The Morgan fingerprint density at radius 2 is 1.79 bits per heavy atom. The first-order valence-corrected chi connectivity index (χ1v) is 8.23. The number of carbonyl (C=O) groups excluding carboxylic acids is 1. The summed E-state index contributed by atoms with van der Waals surface area (Å²) in [5.41, 5.74) is 1.10. The number of amidine groups is 1. The second-order valence-electron chi connectivity index (χ2n) is 4.79. The highest BCUT2D eigenvalue weighted by Crippen LogP contribution is 2.35. The number of aliphatic imine (C=N–C) groups is 1. The number of nitrogens with one attached hydrogen (secondary N) is 1. The van der Waals surface area contributed by atoms with Gasteiger partial charge in [-0.3, -0.25) is 4.79 Å². The van der Waals surface area contributed by atoms with E-state index in [-0.39, 0.29) is 27.5 Å². The van der Waals surface area contributed by atoms with Gasteiger partial charge in [-0.1, -0.05) is 23.2 Å². The van der Waals surface area contributed by atoms with Crippen LogP contribution >= 0.6 is 35.0 Å². The molecular weight excluding hydrogens is 374 g/mol. The van der Waals surface area contributed by atoms with Crippen molar-refractivity contribution in [2.75, 3.05) is 0 Å².